The standard InChI is InChI=1S/C18H22BrN/c1-5-17(15-8-6-12(2)7-9-15)20-18-13(3)10-16(19)11-14(18)4/h6-11,17,20H,5H2,1-4H3. The highest BCUT2D eigenvalue weighted by atomic mass is 79.9. The fraction of sp³-hybridized carbons (Fsp3) is 0.333. The normalized spacial score (nSPS) is 12.2. The summed E-state index contributed by atoms with van der Waals surface area (Å²) < 4.78 is 1.14. The Labute approximate surface area is 130 Å². The quantitative estimate of drug-likeness (QED) is 0.731. The Kier molecular flexibility index (Phi) is 4.87. The molecule has 0 saturated heterocycles. The van der Waals surface area contributed by atoms with Gasteiger partial charge in [-0.25, -0.2) is 0 Å². The first kappa shape index (κ1) is 15.1. The molecular weight excluding hydrogens is 310 g/mol. The summed E-state index contributed by atoms with van der Waals surface area (Å²) in [5, 5.41) is 3.71. The number of halogens is 1. The molecule has 1 N–H and O–H groups in total. The molecule has 1 nitrogen and oxygen atoms in total. The predicted octanol–water partition coefficient (Wildman–Crippen LogP) is 5.94. The summed E-state index contributed by atoms with van der Waals surface area (Å²) in [6, 6.07) is 13.5. The Morgan fingerprint density at radius 1 is 1.00 bits per heavy atom. The van der Waals surface area contributed by atoms with Gasteiger partial charge in [0.25, 0.3) is 0 Å². The van der Waals surface area contributed by atoms with Crippen molar-refractivity contribution in [3.05, 3.63) is 63.1 Å². The number of anilines is 1. The first-order valence-electron chi connectivity index (χ1n) is 7.11. The molecule has 106 valence electrons. The van der Waals surface area contributed by atoms with Gasteiger partial charge in [-0.05, 0) is 56.0 Å². The van der Waals surface area contributed by atoms with Crippen molar-refractivity contribution in [1.82, 2.24) is 0 Å². The minimum Gasteiger partial charge on any atom is -0.378 e. The molecule has 0 aliphatic rings. The van der Waals surface area contributed by atoms with E-state index in [1.165, 1.54) is 27.9 Å². The van der Waals surface area contributed by atoms with E-state index in [0.29, 0.717) is 6.04 Å². The van der Waals surface area contributed by atoms with E-state index in [1.54, 1.807) is 0 Å². The SMILES string of the molecule is CCC(Nc1c(C)cc(Br)cc1C)c1ccc(C)cc1. The average Bonchev–Trinajstić information content (AvgIpc) is 2.39. The van der Waals surface area contributed by atoms with Crippen molar-refractivity contribution in [2.24, 2.45) is 0 Å². The highest BCUT2D eigenvalue weighted by Crippen LogP contribution is 2.30. The highest BCUT2D eigenvalue weighted by molar-refractivity contribution is 9.10. The van der Waals surface area contributed by atoms with Crippen LogP contribution in [0, 0.1) is 20.8 Å². The molecule has 0 aliphatic carbocycles. The number of rotatable bonds is 4. The van der Waals surface area contributed by atoms with Gasteiger partial charge in [0.05, 0.1) is 6.04 Å². The summed E-state index contributed by atoms with van der Waals surface area (Å²) >= 11 is 3.56. The third-order valence-electron chi connectivity index (χ3n) is 3.70. The minimum absolute atomic E-state index is 0.356. The fourth-order valence-corrected chi connectivity index (χ4v) is 3.22. The molecule has 0 bridgehead atoms. The number of benzene rings is 2. The summed E-state index contributed by atoms with van der Waals surface area (Å²) in [5.74, 6) is 0. The van der Waals surface area contributed by atoms with Gasteiger partial charge in [-0.2, -0.15) is 0 Å². The van der Waals surface area contributed by atoms with Crippen molar-refractivity contribution in [2.45, 2.75) is 40.2 Å². The second-order valence-corrected chi connectivity index (χ2v) is 6.35. The number of nitrogens with one attached hydrogen (secondary N) is 1. The Morgan fingerprint density at radius 3 is 2.05 bits per heavy atom. The molecule has 1 unspecified atom stereocenters. The van der Waals surface area contributed by atoms with Gasteiger partial charge in [0.2, 0.25) is 0 Å². The molecule has 0 fully saturated rings. The van der Waals surface area contributed by atoms with Gasteiger partial charge in [0, 0.05) is 10.2 Å². The fourth-order valence-electron chi connectivity index (χ4n) is 2.53. The van der Waals surface area contributed by atoms with Crippen LogP contribution < -0.4 is 5.32 Å². The third kappa shape index (κ3) is 3.43. The molecule has 0 radical (unpaired) electrons. The summed E-state index contributed by atoms with van der Waals surface area (Å²) in [7, 11) is 0. The summed E-state index contributed by atoms with van der Waals surface area (Å²) in [6.45, 7) is 8.66. The van der Waals surface area contributed by atoms with Crippen LogP contribution in [0.25, 0.3) is 0 Å². The molecule has 0 saturated carbocycles. The number of aryl methyl sites for hydroxylation is 3. The highest BCUT2D eigenvalue weighted by Gasteiger charge is 2.12. The first-order valence-corrected chi connectivity index (χ1v) is 7.90. The van der Waals surface area contributed by atoms with Crippen molar-refractivity contribution in [3.63, 3.8) is 0 Å². The summed E-state index contributed by atoms with van der Waals surface area (Å²) in [5.41, 5.74) is 6.46. The van der Waals surface area contributed by atoms with Crippen LogP contribution in [0.15, 0.2) is 40.9 Å². The van der Waals surface area contributed by atoms with E-state index in [1.807, 2.05) is 0 Å². The van der Waals surface area contributed by atoms with Crippen LogP contribution >= 0.6 is 15.9 Å². The average molecular weight is 332 g/mol. The van der Waals surface area contributed by atoms with E-state index in [-0.39, 0.29) is 0 Å². The van der Waals surface area contributed by atoms with Crippen molar-refractivity contribution in [2.75, 3.05) is 5.32 Å². The van der Waals surface area contributed by atoms with E-state index < -0.39 is 0 Å². The molecule has 20 heavy (non-hydrogen) atoms. The van der Waals surface area contributed by atoms with Gasteiger partial charge in [-0.1, -0.05) is 52.7 Å². The van der Waals surface area contributed by atoms with Gasteiger partial charge in [0.15, 0.2) is 0 Å². The molecule has 2 aromatic rings. The summed E-state index contributed by atoms with van der Waals surface area (Å²) in [6.07, 6.45) is 1.07. The molecule has 0 amide bonds. The molecule has 2 heteroatoms. The van der Waals surface area contributed by atoms with E-state index in [4.69, 9.17) is 0 Å². The topological polar surface area (TPSA) is 12.0 Å². The maximum Gasteiger partial charge on any atom is 0.0511 e. The number of hydrogen-bond donors (Lipinski definition) is 1. The first-order chi connectivity index (χ1) is 9.51. The van der Waals surface area contributed by atoms with Crippen LogP contribution in [-0.2, 0) is 0 Å². The van der Waals surface area contributed by atoms with Crippen LogP contribution in [0.2, 0.25) is 0 Å². The zero-order valence-electron chi connectivity index (χ0n) is 12.6. The van der Waals surface area contributed by atoms with Gasteiger partial charge in [0.1, 0.15) is 0 Å². The second kappa shape index (κ2) is 6.45. The van der Waals surface area contributed by atoms with E-state index in [2.05, 4.69) is 85.3 Å². The van der Waals surface area contributed by atoms with Crippen molar-refractivity contribution in [3.8, 4) is 0 Å². The van der Waals surface area contributed by atoms with Crippen molar-refractivity contribution in [1.29, 1.82) is 0 Å². The Morgan fingerprint density at radius 2 is 1.55 bits per heavy atom. The lowest BCUT2D eigenvalue weighted by Gasteiger charge is -2.22. The van der Waals surface area contributed by atoms with Crippen LogP contribution in [-0.4, -0.2) is 0 Å². The second-order valence-electron chi connectivity index (χ2n) is 5.43. The van der Waals surface area contributed by atoms with E-state index in [0.717, 1.165) is 10.9 Å². The smallest absolute Gasteiger partial charge is 0.0511 e. The van der Waals surface area contributed by atoms with Crippen LogP contribution in [0.1, 0.15) is 41.6 Å². The molecule has 0 heterocycles. The molecular formula is C18H22BrN. The maximum atomic E-state index is 3.71. The Bertz CT molecular complexity index is 564. The predicted molar refractivity (Wildman–Crippen MR) is 91.4 cm³/mol. The monoisotopic (exact) mass is 331 g/mol. The number of hydrogen-bond acceptors (Lipinski definition) is 1. The molecule has 0 spiro atoms. The zero-order valence-corrected chi connectivity index (χ0v) is 14.2. The van der Waals surface area contributed by atoms with Crippen LogP contribution in [0.4, 0.5) is 5.69 Å². The maximum absolute atomic E-state index is 3.71. The molecule has 0 aliphatic heterocycles. The Hall–Kier alpha value is -1.28. The van der Waals surface area contributed by atoms with Gasteiger partial charge < -0.3 is 5.32 Å². The van der Waals surface area contributed by atoms with Crippen LogP contribution in [0.5, 0.6) is 0 Å². The lowest BCUT2D eigenvalue weighted by molar-refractivity contribution is 0.747. The van der Waals surface area contributed by atoms with E-state index >= 15 is 0 Å². The largest absolute Gasteiger partial charge is 0.378 e. The molecule has 2 rings (SSSR count). The molecule has 2 aromatic carbocycles. The van der Waals surface area contributed by atoms with Gasteiger partial charge in [-0.3, -0.25) is 0 Å². The zero-order chi connectivity index (χ0) is 14.7. The molecule has 1 atom stereocenters. The Balaban J connectivity index is 2.29. The van der Waals surface area contributed by atoms with E-state index in [9.17, 15) is 0 Å². The van der Waals surface area contributed by atoms with Gasteiger partial charge in [-0.15, -0.1) is 0 Å². The lowest BCUT2D eigenvalue weighted by atomic mass is 10.0. The minimum atomic E-state index is 0.356. The third-order valence-corrected chi connectivity index (χ3v) is 4.16. The van der Waals surface area contributed by atoms with Crippen LogP contribution in [0.3, 0.4) is 0 Å². The van der Waals surface area contributed by atoms with Crippen molar-refractivity contribution >= 4 is 21.6 Å². The molecule has 0 aromatic heterocycles. The van der Waals surface area contributed by atoms with Gasteiger partial charge >= 0.3 is 0 Å². The van der Waals surface area contributed by atoms with Crippen molar-refractivity contribution < 1.29 is 0 Å². The lowest BCUT2D eigenvalue weighted by Crippen LogP contribution is -2.11. The summed E-state index contributed by atoms with van der Waals surface area (Å²) in [4.78, 5) is 0.